The number of nitrogens with two attached hydrogens (primary N) is 1. The quantitative estimate of drug-likeness (QED) is 0.616. The van der Waals surface area contributed by atoms with Crippen molar-refractivity contribution < 1.29 is 17.9 Å². The minimum atomic E-state index is -4.54. The lowest BCUT2D eigenvalue weighted by Crippen LogP contribution is -2.15. The second-order valence-electron chi connectivity index (χ2n) is 3.23. The summed E-state index contributed by atoms with van der Waals surface area (Å²) in [5.41, 5.74) is 1.08. The van der Waals surface area contributed by atoms with Crippen molar-refractivity contribution in [3.8, 4) is 12.0 Å². The minimum absolute atomic E-state index is 0.0640. The van der Waals surface area contributed by atoms with Gasteiger partial charge in [0.2, 0.25) is 5.95 Å². The number of hydrazine groups is 1. The van der Waals surface area contributed by atoms with Crippen LogP contribution in [0.1, 0.15) is 5.69 Å². The molecule has 0 spiro atoms. The Morgan fingerprint density at radius 3 is 2.58 bits per heavy atom. The lowest BCUT2D eigenvalue weighted by atomic mass is 10.4. The number of ether oxygens (including phenoxy) is 1. The van der Waals surface area contributed by atoms with Crippen LogP contribution in [-0.2, 0) is 6.18 Å². The van der Waals surface area contributed by atoms with Crippen molar-refractivity contribution >= 4 is 5.95 Å². The van der Waals surface area contributed by atoms with Gasteiger partial charge in [0.05, 0.1) is 7.11 Å². The molecule has 0 amide bonds. The number of alkyl halides is 3. The summed E-state index contributed by atoms with van der Waals surface area (Å²) in [6.45, 7) is 0. The number of hydrogen-bond acceptors (Lipinski definition) is 7. The molecule has 2 aromatic rings. The number of rotatable bonds is 3. The van der Waals surface area contributed by atoms with Crippen molar-refractivity contribution in [3.05, 3.63) is 18.0 Å². The van der Waals surface area contributed by atoms with Crippen LogP contribution in [0, 0.1) is 0 Å². The predicted octanol–water partition coefficient (Wildman–Crippen LogP) is 0.370. The number of anilines is 1. The first-order valence-electron chi connectivity index (χ1n) is 4.84. The maximum atomic E-state index is 12.4. The molecule has 0 aliphatic heterocycles. The van der Waals surface area contributed by atoms with Gasteiger partial charge in [0.15, 0.2) is 5.69 Å². The fourth-order valence-corrected chi connectivity index (χ4v) is 1.19. The van der Waals surface area contributed by atoms with E-state index >= 15 is 0 Å². The van der Waals surface area contributed by atoms with Gasteiger partial charge < -0.3 is 4.74 Å². The zero-order chi connectivity index (χ0) is 14.0. The van der Waals surface area contributed by atoms with Crippen LogP contribution in [0.3, 0.4) is 0 Å². The van der Waals surface area contributed by atoms with Crippen LogP contribution in [0.2, 0.25) is 0 Å². The number of aromatic nitrogens is 5. The monoisotopic (exact) mass is 275 g/mol. The molecule has 0 saturated carbocycles. The molecule has 0 aliphatic rings. The van der Waals surface area contributed by atoms with Crippen molar-refractivity contribution in [2.75, 3.05) is 12.5 Å². The van der Waals surface area contributed by atoms with Gasteiger partial charge in [-0.2, -0.15) is 33.2 Å². The average Bonchev–Trinajstić information content (AvgIpc) is 2.87. The minimum Gasteiger partial charge on any atom is -0.467 e. The molecule has 0 saturated heterocycles. The fourth-order valence-electron chi connectivity index (χ4n) is 1.19. The van der Waals surface area contributed by atoms with Crippen LogP contribution >= 0.6 is 0 Å². The van der Waals surface area contributed by atoms with Gasteiger partial charge in [0.25, 0.3) is 5.95 Å². The third kappa shape index (κ3) is 2.70. The fraction of sp³-hybridized carbons (Fsp3) is 0.250. The van der Waals surface area contributed by atoms with E-state index < -0.39 is 11.9 Å². The summed E-state index contributed by atoms with van der Waals surface area (Å²) in [4.78, 5) is 11.2. The summed E-state index contributed by atoms with van der Waals surface area (Å²) >= 11 is 0. The van der Waals surface area contributed by atoms with E-state index in [0.717, 1.165) is 16.9 Å². The highest BCUT2D eigenvalue weighted by atomic mass is 19.4. The third-order valence-corrected chi connectivity index (χ3v) is 2.00. The molecule has 3 N–H and O–H groups in total. The molecular weight excluding hydrogens is 267 g/mol. The molecule has 102 valence electrons. The van der Waals surface area contributed by atoms with E-state index in [1.165, 1.54) is 7.11 Å². The van der Waals surface area contributed by atoms with Gasteiger partial charge in [-0.25, -0.2) is 10.5 Å². The first-order chi connectivity index (χ1) is 8.94. The molecular formula is C8H8F3N7O. The van der Waals surface area contributed by atoms with Gasteiger partial charge >= 0.3 is 12.2 Å². The highest BCUT2D eigenvalue weighted by molar-refractivity contribution is 5.28. The van der Waals surface area contributed by atoms with Gasteiger partial charge in [-0.05, 0) is 6.07 Å². The Labute approximate surface area is 104 Å². The number of nitrogen functional groups attached to an aromatic ring is 1. The van der Waals surface area contributed by atoms with Gasteiger partial charge in [-0.1, -0.05) is 0 Å². The molecule has 0 bridgehead atoms. The maximum absolute atomic E-state index is 12.4. The molecule has 0 aliphatic carbocycles. The van der Waals surface area contributed by atoms with E-state index in [-0.39, 0.29) is 17.9 Å². The Balaban J connectivity index is 2.43. The number of hydrogen-bond donors (Lipinski definition) is 2. The first kappa shape index (κ1) is 13.0. The molecule has 0 radical (unpaired) electrons. The number of nitrogens with zero attached hydrogens (tertiary/aromatic N) is 5. The molecule has 0 atom stereocenters. The van der Waals surface area contributed by atoms with Crippen LogP contribution < -0.4 is 16.0 Å². The summed E-state index contributed by atoms with van der Waals surface area (Å²) in [6.07, 6.45) is -3.48. The van der Waals surface area contributed by atoms with E-state index in [1.807, 2.05) is 0 Å². The second-order valence-corrected chi connectivity index (χ2v) is 3.23. The van der Waals surface area contributed by atoms with Crippen LogP contribution in [0.5, 0.6) is 6.01 Å². The largest absolute Gasteiger partial charge is 0.467 e. The van der Waals surface area contributed by atoms with Crippen LogP contribution in [-0.4, -0.2) is 31.8 Å². The lowest BCUT2D eigenvalue weighted by molar-refractivity contribution is -0.141. The van der Waals surface area contributed by atoms with Gasteiger partial charge in [-0.3, -0.25) is 5.43 Å². The maximum Gasteiger partial charge on any atom is 0.435 e. The Bertz CT molecular complexity index is 560. The lowest BCUT2D eigenvalue weighted by Gasteiger charge is -2.05. The molecule has 0 fully saturated rings. The van der Waals surface area contributed by atoms with Crippen LogP contribution in [0.15, 0.2) is 12.3 Å². The van der Waals surface area contributed by atoms with E-state index in [1.54, 1.807) is 0 Å². The van der Waals surface area contributed by atoms with E-state index in [0.29, 0.717) is 0 Å². The summed E-state index contributed by atoms with van der Waals surface area (Å²) in [6, 6.07) is 0.688. The Kier molecular flexibility index (Phi) is 3.21. The number of halogens is 3. The van der Waals surface area contributed by atoms with Gasteiger partial charge in [0, 0.05) is 6.20 Å². The zero-order valence-electron chi connectivity index (χ0n) is 9.51. The molecule has 2 aromatic heterocycles. The molecule has 8 nitrogen and oxygen atoms in total. The van der Waals surface area contributed by atoms with E-state index in [4.69, 9.17) is 10.6 Å². The summed E-state index contributed by atoms with van der Waals surface area (Å²) in [7, 11) is 1.30. The van der Waals surface area contributed by atoms with Crippen LogP contribution in [0.25, 0.3) is 5.95 Å². The SMILES string of the molecule is COc1nc(NN)nc(-n2ccc(C(F)(F)F)n2)n1. The number of nitrogens with one attached hydrogen (secondary N) is 1. The molecule has 2 heterocycles. The summed E-state index contributed by atoms with van der Waals surface area (Å²) < 4.78 is 42.9. The summed E-state index contributed by atoms with van der Waals surface area (Å²) in [5.74, 6) is 4.91. The average molecular weight is 275 g/mol. The smallest absolute Gasteiger partial charge is 0.435 e. The van der Waals surface area contributed by atoms with Crippen molar-refractivity contribution in [2.24, 2.45) is 5.84 Å². The molecule has 2 rings (SSSR count). The zero-order valence-corrected chi connectivity index (χ0v) is 9.51. The third-order valence-electron chi connectivity index (χ3n) is 2.00. The molecule has 0 unspecified atom stereocenters. The molecule has 0 aromatic carbocycles. The van der Waals surface area contributed by atoms with Crippen molar-refractivity contribution in [3.63, 3.8) is 0 Å². The normalized spacial score (nSPS) is 11.4. The second kappa shape index (κ2) is 4.68. The predicted molar refractivity (Wildman–Crippen MR) is 56.3 cm³/mol. The van der Waals surface area contributed by atoms with Crippen LogP contribution in [0.4, 0.5) is 19.1 Å². The molecule has 19 heavy (non-hydrogen) atoms. The van der Waals surface area contributed by atoms with E-state index in [9.17, 15) is 13.2 Å². The standard InChI is InChI=1S/C8H8F3N7O/c1-19-7-14-5(16-12)13-6(15-7)18-3-2-4(17-18)8(9,10)11/h2-3H,12H2,1H3,(H,13,14,15,16). The van der Waals surface area contributed by atoms with Gasteiger partial charge in [-0.15, -0.1) is 0 Å². The number of methoxy groups -OCH3 is 1. The first-order valence-corrected chi connectivity index (χ1v) is 4.84. The van der Waals surface area contributed by atoms with E-state index in [2.05, 4.69) is 25.5 Å². The van der Waals surface area contributed by atoms with Gasteiger partial charge in [0.1, 0.15) is 0 Å². The molecule has 11 heteroatoms. The van der Waals surface area contributed by atoms with Crippen molar-refractivity contribution in [1.82, 2.24) is 24.7 Å². The Hall–Kier alpha value is -2.43. The Morgan fingerprint density at radius 1 is 1.32 bits per heavy atom. The summed E-state index contributed by atoms with van der Waals surface area (Å²) in [5, 5.41) is 3.32. The Morgan fingerprint density at radius 2 is 2.05 bits per heavy atom. The van der Waals surface area contributed by atoms with Crippen molar-refractivity contribution in [1.29, 1.82) is 0 Å². The highest BCUT2D eigenvalue weighted by Gasteiger charge is 2.33. The highest BCUT2D eigenvalue weighted by Crippen LogP contribution is 2.27. The van der Waals surface area contributed by atoms with Crippen molar-refractivity contribution in [2.45, 2.75) is 6.18 Å². The topological polar surface area (TPSA) is 104 Å².